The number of anilines is 2. The quantitative estimate of drug-likeness (QED) is 0.617. The average Bonchev–Trinajstić information content (AvgIpc) is 2.82. The summed E-state index contributed by atoms with van der Waals surface area (Å²) in [5.41, 5.74) is 6.93. The van der Waals surface area contributed by atoms with E-state index in [1.54, 1.807) is 12.4 Å². The molecule has 3 N–H and O–H groups in total. The predicted octanol–water partition coefficient (Wildman–Crippen LogP) is 1.19. The number of nitrogens with two attached hydrogens (primary N) is 1. The number of aromatic nitrogens is 1. The molecule has 0 spiro atoms. The second-order valence-corrected chi connectivity index (χ2v) is 8.03. The third-order valence-corrected chi connectivity index (χ3v) is 4.86. The van der Waals surface area contributed by atoms with Crippen molar-refractivity contribution in [3.63, 3.8) is 0 Å². The van der Waals surface area contributed by atoms with Crippen molar-refractivity contribution in [2.75, 3.05) is 23.7 Å². The number of hydrogen-bond acceptors (Lipinski definition) is 6. The fourth-order valence-corrected chi connectivity index (χ4v) is 3.87. The first kappa shape index (κ1) is 17.5. The molecule has 1 aromatic heterocycles. The van der Waals surface area contributed by atoms with Gasteiger partial charge in [-0.25, -0.2) is 0 Å². The molecule has 25 heavy (non-hydrogen) atoms. The lowest BCUT2D eigenvalue weighted by Crippen LogP contribution is -2.52. The Kier molecular flexibility index (Phi) is 4.34. The van der Waals surface area contributed by atoms with Gasteiger partial charge in [-0.2, -0.15) is 0 Å². The standard InChI is InChI=1S/C18H26N4O3/c1-10-8-22(13-5-6-20-7-12(13)19)9-11-14(16(23)21-15(10)11)17(24)25-18(2,3)4/h5-7,10-11,14-15H,8-9,19H2,1-4H3,(H,21,23)/t10-,11-,14?,15+/m0/s1. The summed E-state index contributed by atoms with van der Waals surface area (Å²) in [5.74, 6) is -1.41. The number of nitrogens with zero attached hydrogens (tertiary/aromatic N) is 2. The summed E-state index contributed by atoms with van der Waals surface area (Å²) in [5, 5.41) is 3.00. The van der Waals surface area contributed by atoms with Crippen molar-refractivity contribution >= 4 is 23.3 Å². The number of nitrogen functional groups attached to an aromatic ring is 1. The molecular weight excluding hydrogens is 320 g/mol. The Hall–Kier alpha value is -2.31. The van der Waals surface area contributed by atoms with Crippen LogP contribution in [0, 0.1) is 17.8 Å². The van der Waals surface area contributed by atoms with E-state index in [-0.39, 0.29) is 23.8 Å². The molecule has 0 radical (unpaired) electrons. The molecule has 2 fully saturated rings. The molecule has 0 saturated carbocycles. The van der Waals surface area contributed by atoms with Gasteiger partial charge in [-0.3, -0.25) is 14.6 Å². The minimum atomic E-state index is -0.780. The van der Waals surface area contributed by atoms with Crippen LogP contribution in [0.1, 0.15) is 27.7 Å². The summed E-state index contributed by atoms with van der Waals surface area (Å²) >= 11 is 0. The van der Waals surface area contributed by atoms with Crippen LogP contribution in [0.15, 0.2) is 18.5 Å². The van der Waals surface area contributed by atoms with Crippen molar-refractivity contribution in [3.8, 4) is 0 Å². The van der Waals surface area contributed by atoms with Crippen molar-refractivity contribution < 1.29 is 14.3 Å². The Morgan fingerprint density at radius 3 is 2.76 bits per heavy atom. The molecule has 0 bridgehead atoms. The van der Waals surface area contributed by atoms with Gasteiger partial charge in [-0.1, -0.05) is 6.92 Å². The molecule has 3 rings (SSSR count). The van der Waals surface area contributed by atoms with E-state index in [2.05, 4.69) is 22.1 Å². The number of hydrogen-bond donors (Lipinski definition) is 2. The van der Waals surface area contributed by atoms with Gasteiger partial charge in [-0.15, -0.1) is 0 Å². The SMILES string of the molecule is C[C@H]1CN(c2ccncc2N)C[C@H]2C(C(=O)OC(C)(C)C)C(=O)N[C@H]12. The van der Waals surface area contributed by atoms with Crippen molar-refractivity contribution in [2.24, 2.45) is 17.8 Å². The average molecular weight is 346 g/mol. The fraction of sp³-hybridized carbons (Fsp3) is 0.611. The number of nitrogens with one attached hydrogen (secondary N) is 1. The third-order valence-electron chi connectivity index (χ3n) is 4.86. The van der Waals surface area contributed by atoms with Crippen LogP contribution in [-0.4, -0.2) is 41.6 Å². The maximum atomic E-state index is 12.6. The van der Waals surface area contributed by atoms with Crippen molar-refractivity contribution in [2.45, 2.75) is 39.3 Å². The highest BCUT2D eigenvalue weighted by Crippen LogP contribution is 2.37. The molecule has 2 saturated heterocycles. The summed E-state index contributed by atoms with van der Waals surface area (Å²) in [6, 6.07) is 1.85. The second-order valence-electron chi connectivity index (χ2n) is 8.03. The summed E-state index contributed by atoms with van der Waals surface area (Å²) < 4.78 is 5.49. The highest BCUT2D eigenvalue weighted by molar-refractivity contribution is 6.00. The van der Waals surface area contributed by atoms with E-state index in [1.165, 1.54) is 0 Å². The summed E-state index contributed by atoms with van der Waals surface area (Å²) in [7, 11) is 0. The number of pyridine rings is 1. The van der Waals surface area contributed by atoms with Crippen LogP contribution in [-0.2, 0) is 14.3 Å². The minimum Gasteiger partial charge on any atom is -0.459 e. The normalized spacial score (nSPS) is 29.1. The summed E-state index contributed by atoms with van der Waals surface area (Å²) in [6.07, 6.45) is 3.32. The molecule has 4 atom stereocenters. The van der Waals surface area contributed by atoms with E-state index in [4.69, 9.17) is 10.5 Å². The van der Waals surface area contributed by atoms with Gasteiger partial charge in [-0.05, 0) is 32.8 Å². The molecule has 1 amide bonds. The number of piperidine rings is 1. The monoisotopic (exact) mass is 346 g/mol. The van der Waals surface area contributed by atoms with Gasteiger partial charge in [0.1, 0.15) is 11.5 Å². The molecule has 136 valence electrons. The zero-order valence-corrected chi connectivity index (χ0v) is 15.2. The number of rotatable bonds is 2. The van der Waals surface area contributed by atoms with E-state index < -0.39 is 17.5 Å². The Labute approximate surface area is 147 Å². The highest BCUT2D eigenvalue weighted by atomic mass is 16.6. The first-order valence-corrected chi connectivity index (χ1v) is 8.65. The zero-order valence-electron chi connectivity index (χ0n) is 15.2. The molecule has 2 aliphatic rings. The number of ether oxygens (including phenoxy) is 1. The Morgan fingerprint density at radius 2 is 2.12 bits per heavy atom. The lowest BCUT2D eigenvalue weighted by Gasteiger charge is -2.41. The molecule has 3 heterocycles. The van der Waals surface area contributed by atoms with Crippen LogP contribution in [0.2, 0.25) is 0 Å². The highest BCUT2D eigenvalue weighted by Gasteiger charge is 2.52. The number of carbonyl (C=O) groups is 2. The van der Waals surface area contributed by atoms with Gasteiger partial charge >= 0.3 is 5.97 Å². The molecule has 2 aliphatic heterocycles. The topological polar surface area (TPSA) is 97.6 Å². The molecule has 1 unspecified atom stereocenters. The summed E-state index contributed by atoms with van der Waals surface area (Å²) in [4.78, 5) is 31.2. The Bertz CT molecular complexity index is 685. The number of esters is 1. The Balaban J connectivity index is 1.86. The van der Waals surface area contributed by atoms with Crippen molar-refractivity contribution in [3.05, 3.63) is 18.5 Å². The van der Waals surface area contributed by atoms with Gasteiger partial charge in [0.2, 0.25) is 5.91 Å². The van der Waals surface area contributed by atoms with Gasteiger partial charge < -0.3 is 20.7 Å². The zero-order chi connectivity index (χ0) is 18.4. The van der Waals surface area contributed by atoms with E-state index >= 15 is 0 Å². The molecule has 0 aromatic carbocycles. The first-order valence-electron chi connectivity index (χ1n) is 8.65. The lowest BCUT2D eigenvalue weighted by molar-refractivity contribution is -0.163. The maximum Gasteiger partial charge on any atom is 0.319 e. The van der Waals surface area contributed by atoms with Gasteiger partial charge in [0, 0.05) is 31.2 Å². The molecular formula is C18H26N4O3. The molecule has 1 aromatic rings. The predicted molar refractivity (Wildman–Crippen MR) is 94.8 cm³/mol. The van der Waals surface area contributed by atoms with Gasteiger partial charge in [0.05, 0.1) is 17.6 Å². The van der Waals surface area contributed by atoms with Crippen LogP contribution in [0.4, 0.5) is 11.4 Å². The molecule has 7 nitrogen and oxygen atoms in total. The lowest BCUT2D eigenvalue weighted by atomic mass is 9.80. The van der Waals surface area contributed by atoms with Crippen molar-refractivity contribution in [1.82, 2.24) is 10.3 Å². The molecule has 0 aliphatic carbocycles. The van der Waals surface area contributed by atoms with E-state index in [0.717, 1.165) is 12.2 Å². The van der Waals surface area contributed by atoms with Crippen LogP contribution in [0.25, 0.3) is 0 Å². The summed E-state index contributed by atoms with van der Waals surface area (Å²) in [6.45, 7) is 8.84. The fourth-order valence-electron chi connectivity index (χ4n) is 3.87. The van der Waals surface area contributed by atoms with E-state index in [1.807, 2.05) is 26.8 Å². The smallest absolute Gasteiger partial charge is 0.319 e. The van der Waals surface area contributed by atoms with Gasteiger partial charge in [0.15, 0.2) is 0 Å². The first-order chi connectivity index (χ1) is 11.7. The van der Waals surface area contributed by atoms with Crippen LogP contribution in [0.5, 0.6) is 0 Å². The maximum absolute atomic E-state index is 12.6. The Morgan fingerprint density at radius 1 is 1.40 bits per heavy atom. The number of carbonyl (C=O) groups excluding carboxylic acids is 2. The van der Waals surface area contributed by atoms with Crippen LogP contribution in [0.3, 0.4) is 0 Å². The van der Waals surface area contributed by atoms with E-state index in [0.29, 0.717) is 12.2 Å². The van der Waals surface area contributed by atoms with Crippen LogP contribution >= 0.6 is 0 Å². The van der Waals surface area contributed by atoms with Crippen LogP contribution < -0.4 is 16.0 Å². The second kappa shape index (κ2) is 6.20. The number of fused-ring (bicyclic) bond motifs is 1. The number of amides is 1. The molecule has 7 heteroatoms. The van der Waals surface area contributed by atoms with E-state index in [9.17, 15) is 9.59 Å². The minimum absolute atomic E-state index is 0.0238. The third kappa shape index (κ3) is 3.41. The van der Waals surface area contributed by atoms with Gasteiger partial charge in [0.25, 0.3) is 0 Å². The van der Waals surface area contributed by atoms with Crippen molar-refractivity contribution in [1.29, 1.82) is 0 Å². The largest absolute Gasteiger partial charge is 0.459 e.